The zero-order valence-corrected chi connectivity index (χ0v) is 17.1. The van der Waals surface area contributed by atoms with Gasteiger partial charge in [-0.3, -0.25) is 9.40 Å². The Morgan fingerprint density at radius 3 is 2.87 bits per heavy atom. The SMILES string of the molecule is COc1ccc2cnn(C)c2c1NS(=O)(=O)c1cnn(-c2cnn3c2OCCC3)c1. The molecule has 0 amide bonds. The summed E-state index contributed by atoms with van der Waals surface area (Å²) in [5, 5.41) is 13.5. The molecule has 0 fully saturated rings. The summed E-state index contributed by atoms with van der Waals surface area (Å²) in [4.78, 5) is -0.000478. The number of nitrogens with one attached hydrogen (secondary N) is 1. The molecule has 4 aromatic rings. The molecule has 12 heteroatoms. The molecule has 0 atom stereocenters. The Hall–Kier alpha value is -3.54. The number of methoxy groups -OCH3 is 1. The molecule has 0 aliphatic carbocycles. The Balaban J connectivity index is 1.53. The van der Waals surface area contributed by atoms with Crippen molar-refractivity contribution in [3.05, 3.63) is 36.9 Å². The van der Waals surface area contributed by atoms with E-state index in [0.717, 1.165) is 18.4 Å². The fourth-order valence-electron chi connectivity index (χ4n) is 3.50. The summed E-state index contributed by atoms with van der Waals surface area (Å²) in [6.45, 7) is 1.33. The quantitative estimate of drug-likeness (QED) is 0.511. The van der Waals surface area contributed by atoms with Crippen molar-refractivity contribution >= 4 is 26.6 Å². The zero-order chi connectivity index (χ0) is 20.9. The van der Waals surface area contributed by atoms with Gasteiger partial charge in [0.2, 0.25) is 5.88 Å². The molecule has 0 saturated heterocycles. The highest BCUT2D eigenvalue weighted by Crippen LogP contribution is 2.34. The van der Waals surface area contributed by atoms with Crippen molar-refractivity contribution in [2.75, 3.05) is 18.4 Å². The van der Waals surface area contributed by atoms with Gasteiger partial charge < -0.3 is 9.47 Å². The fraction of sp³-hybridized carbons (Fsp3) is 0.278. The van der Waals surface area contributed by atoms with Crippen LogP contribution in [0.5, 0.6) is 11.6 Å². The minimum atomic E-state index is -3.95. The van der Waals surface area contributed by atoms with Crippen molar-refractivity contribution in [1.29, 1.82) is 0 Å². The fourth-order valence-corrected chi connectivity index (χ4v) is 4.51. The van der Waals surface area contributed by atoms with Gasteiger partial charge in [-0.25, -0.2) is 17.8 Å². The lowest BCUT2D eigenvalue weighted by Crippen LogP contribution is -2.16. The second kappa shape index (κ2) is 6.76. The monoisotopic (exact) mass is 429 g/mol. The van der Waals surface area contributed by atoms with Crippen LogP contribution in [0.4, 0.5) is 5.69 Å². The van der Waals surface area contributed by atoms with Crippen molar-refractivity contribution in [2.45, 2.75) is 17.9 Å². The summed E-state index contributed by atoms with van der Waals surface area (Å²) in [6.07, 6.45) is 6.85. The van der Waals surface area contributed by atoms with E-state index in [2.05, 4.69) is 20.0 Å². The molecule has 1 aliphatic heterocycles. The number of ether oxygens (including phenoxy) is 2. The van der Waals surface area contributed by atoms with Crippen LogP contribution in [-0.2, 0) is 23.6 Å². The Morgan fingerprint density at radius 1 is 1.17 bits per heavy atom. The van der Waals surface area contributed by atoms with Crippen LogP contribution in [0.15, 0.2) is 41.8 Å². The van der Waals surface area contributed by atoms with Crippen LogP contribution in [0.25, 0.3) is 16.6 Å². The van der Waals surface area contributed by atoms with Crippen LogP contribution in [0.1, 0.15) is 6.42 Å². The van der Waals surface area contributed by atoms with E-state index in [-0.39, 0.29) is 4.90 Å². The third kappa shape index (κ3) is 2.87. The largest absolute Gasteiger partial charge is 0.494 e. The first-order valence-corrected chi connectivity index (χ1v) is 10.7. The van der Waals surface area contributed by atoms with E-state index in [4.69, 9.17) is 9.47 Å². The maximum Gasteiger partial charge on any atom is 0.265 e. The summed E-state index contributed by atoms with van der Waals surface area (Å²) in [5.41, 5.74) is 1.51. The first-order valence-electron chi connectivity index (χ1n) is 9.23. The molecule has 30 heavy (non-hydrogen) atoms. The summed E-state index contributed by atoms with van der Waals surface area (Å²) in [5.74, 6) is 0.962. The van der Waals surface area contributed by atoms with Crippen LogP contribution in [0, 0.1) is 0 Å². The topological polar surface area (TPSA) is 118 Å². The Labute approximate surface area is 171 Å². The van der Waals surface area contributed by atoms with E-state index in [0.29, 0.717) is 35.1 Å². The number of aromatic nitrogens is 6. The average molecular weight is 429 g/mol. The van der Waals surface area contributed by atoms with Gasteiger partial charge in [0, 0.05) is 25.4 Å². The lowest BCUT2D eigenvalue weighted by molar-refractivity contribution is 0.229. The molecule has 156 valence electrons. The van der Waals surface area contributed by atoms with Gasteiger partial charge >= 0.3 is 0 Å². The minimum absolute atomic E-state index is 0.000478. The van der Waals surface area contributed by atoms with Gasteiger partial charge in [-0.15, -0.1) is 0 Å². The highest BCUT2D eigenvalue weighted by atomic mass is 32.2. The molecule has 5 rings (SSSR count). The molecule has 0 unspecified atom stereocenters. The summed E-state index contributed by atoms with van der Waals surface area (Å²) in [6, 6.07) is 3.52. The van der Waals surface area contributed by atoms with Crippen molar-refractivity contribution in [3.63, 3.8) is 0 Å². The third-order valence-electron chi connectivity index (χ3n) is 4.96. The van der Waals surface area contributed by atoms with Gasteiger partial charge in [-0.1, -0.05) is 0 Å². The standard InChI is InChI=1S/C18H19N7O4S/c1-23-17-12(8-19-23)4-5-15(28-2)16(17)22-30(26,27)13-9-20-25(11-13)14-10-21-24-6-3-7-29-18(14)24/h4-5,8-11,22H,3,6-7H2,1-2H3. The van der Waals surface area contributed by atoms with Crippen LogP contribution in [0.3, 0.4) is 0 Å². The first-order chi connectivity index (χ1) is 14.5. The highest BCUT2D eigenvalue weighted by Gasteiger charge is 2.24. The maximum absolute atomic E-state index is 13.1. The second-order valence-electron chi connectivity index (χ2n) is 6.84. The second-order valence-corrected chi connectivity index (χ2v) is 8.52. The highest BCUT2D eigenvalue weighted by molar-refractivity contribution is 7.92. The van der Waals surface area contributed by atoms with Crippen molar-refractivity contribution in [2.24, 2.45) is 7.05 Å². The predicted octanol–water partition coefficient (Wildman–Crippen LogP) is 1.55. The van der Waals surface area contributed by atoms with Crippen molar-refractivity contribution < 1.29 is 17.9 Å². The molecular formula is C18H19N7O4S. The molecule has 3 aromatic heterocycles. The lowest BCUT2D eigenvalue weighted by atomic mass is 10.2. The number of aryl methyl sites for hydroxylation is 2. The van der Waals surface area contributed by atoms with Crippen LogP contribution in [0.2, 0.25) is 0 Å². The van der Waals surface area contributed by atoms with E-state index in [9.17, 15) is 8.42 Å². The zero-order valence-electron chi connectivity index (χ0n) is 16.3. The number of fused-ring (bicyclic) bond motifs is 2. The van der Waals surface area contributed by atoms with Gasteiger partial charge in [-0.05, 0) is 12.1 Å². The third-order valence-corrected chi connectivity index (χ3v) is 6.27. The molecule has 4 heterocycles. The lowest BCUT2D eigenvalue weighted by Gasteiger charge is -2.15. The molecule has 0 bridgehead atoms. The number of hydrogen-bond acceptors (Lipinski definition) is 7. The predicted molar refractivity (Wildman–Crippen MR) is 108 cm³/mol. The van der Waals surface area contributed by atoms with E-state index in [1.807, 2.05) is 6.07 Å². The van der Waals surface area contributed by atoms with Crippen LogP contribution in [-0.4, -0.2) is 51.5 Å². The number of nitrogens with zero attached hydrogens (tertiary/aromatic N) is 6. The molecule has 0 saturated carbocycles. The summed E-state index contributed by atoms with van der Waals surface area (Å²) < 4.78 is 44.7. The number of hydrogen-bond donors (Lipinski definition) is 1. The van der Waals surface area contributed by atoms with E-state index < -0.39 is 10.0 Å². The maximum atomic E-state index is 13.1. The van der Waals surface area contributed by atoms with Gasteiger partial charge in [0.05, 0.1) is 44.0 Å². The number of sulfonamides is 1. The van der Waals surface area contributed by atoms with Gasteiger partial charge in [0.25, 0.3) is 10.0 Å². The Kier molecular flexibility index (Phi) is 4.17. The van der Waals surface area contributed by atoms with Gasteiger partial charge in [0.1, 0.15) is 22.0 Å². The summed E-state index contributed by atoms with van der Waals surface area (Å²) in [7, 11) is -0.726. The molecule has 1 aliphatic rings. The normalized spacial score (nSPS) is 13.8. The smallest absolute Gasteiger partial charge is 0.265 e. The van der Waals surface area contributed by atoms with E-state index in [1.165, 1.54) is 24.2 Å². The Bertz CT molecular complexity index is 1350. The van der Waals surface area contributed by atoms with Gasteiger partial charge in [0.15, 0.2) is 0 Å². The molecule has 0 spiro atoms. The van der Waals surface area contributed by atoms with Crippen molar-refractivity contribution in [1.82, 2.24) is 29.3 Å². The van der Waals surface area contributed by atoms with E-state index >= 15 is 0 Å². The molecule has 1 aromatic carbocycles. The van der Waals surface area contributed by atoms with Crippen LogP contribution >= 0.6 is 0 Å². The Morgan fingerprint density at radius 2 is 2.03 bits per heavy atom. The first kappa shape index (κ1) is 18.5. The van der Waals surface area contributed by atoms with Crippen molar-refractivity contribution in [3.8, 4) is 17.3 Å². The van der Waals surface area contributed by atoms with E-state index in [1.54, 1.807) is 34.9 Å². The van der Waals surface area contributed by atoms with Gasteiger partial charge in [-0.2, -0.15) is 15.3 Å². The summed E-state index contributed by atoms with van der Waals surface area (Å²) >= 11 is 0. The average Bonchev–Trinajstić information content (AvgIpc) is 3.46. The molecule has 0 radical (unpaired) electrons. The molecular weight excluding hydrogens is 410 g/mol. The number of benzene rings is 1. The number of rotatable bonds is 5. The number of anilines is 1. The molecule has 1 N–H and O–H groups in total. The minimum Gasteiger partial charge on any atom is -0.494 e. The van der Waals surface area contributed by atoms with Crippen LogP contribution < -0.4 is 14.2 Å². The molecule has 11 nitrogen and oxygen atoms in total.